The van der Waals surface area contributed by atoms with Gasteiger partial charge in [-0.15, -0.1) is 0 Å². The third kappa shape index (κ3) is 2.69. The highest BCUT2D eigenvalue weighted by atomic mass is 35.5. The first kappa shape index (κ1) is 13.5. The molecule has 1 saturated carbocycles. The van der Waals surface area contributed by atoms with Crippen LogP contribution in [0.4, 0.5) is 4.39 Å². The van der Waals surface area contributed by atoms with Crippen LogP contribution in [0.3, 0.4) is 0 Å². The van der Waals surface area contributed by atoms with Gasteiger partial charge in [0.1, 0.15) is 5.82 Å². The molecule has 1 aliphatic rings. The van der Waals surface area contributed by atoms with E-state index in [-0.39, 0.29) is 11.7 Å². The highest BCUT2D eigenvalue weighted by Gasteiger charge is 2.31. The Morgan fingerprint density at radius 2 is 2.25 bits per heavy atom. The number of nitrogens with zero attached hydrogens (tertiary/aromatic N) is 2. The van der Waals surface area contributed by atoms with E-state index >= 15 is 0 Å². The van der Waals surface area contributed by atoms with Crippen molar-refractivity contribution in [3.63, 3.8) is 0 Å². The minimum absolute atomic E-state index is 0.0695. The van der Waals surface area contributed by atoms with E-state index in [1.807, 2.05) is 0 Å². The van der Waals surface area contributed by atoms with E-state index in [4.69, 9.17) is 16.1 Å². The molecule has 0 amide bonds. The number of aliphatic hydroxyl groups is 1. The van der Waals surface area contributed by atoms with Gasteiger partial charge in [-0.05, 0) is 37.0 Å². The van der Waals surface area contributed by atoms with Crippen LogP contribution in [0.2, 0.25) is 5.02 Å². The first-order valence-electron chi connectivity index (χ1n) is 6.58. The molecule has 2 aromatic rings. The predicted molar refractivity (Wildman–Crippen MR) is 71.1 cm³/mol. The lowest BCUT2D eigenvalue weighted by molar-refractivity contribution is 0.148. The number of benzene rings is 1. The second-order valence-corrected chi connectivity index (χ2v) is 5.47. The SMILES string of the molecule is OC1CCCC1c1nc(Cc2ccc(F)cc2Cl)no1. The van der Waals surface area contributed by atoms with Gasteiger partial charge >= 0.3 is 0 Å². The van der Waals surface area contributed by atoms with Crippen molar-refractivity contribution >= 4 is 11.6 Å². The largest absolute Gasteiger partial charge is 0.392 e. The van der Waals surface area contributed by atoms with Crippen molar-refractivity contribution in [3.8, 4) is 0 Å². The summed E-state index contributed by atoms with van der Waals surface area (Å²) in [6.45, 7) is 0. The fourth-order valence-corrected chi connectivity index (χ4v) is 2.79. The van der Waals surface area contributed by atoms with Gasteiger partial charge in [-0.25, -0.2) is 4.39 Å². The lowest BCUT2D eigenvalue weighted by Gasteiger charge is -2.07. The molecule has 1 N–H and O–H groups in total. The third-order valence-corrected chi connectivity index (χ3v) is 4.00. The van der Waals surface area contributed by atoms with E-state index in [2.05, 4.69) is 10.1 Å². The van der Waals surface area contributed by atoms with Crippen molar-refractivity contribution in [2.75, 3.05) is 0 Å². The molecule has 0 aliphatic heterocycles. The van der Waals surface area contributed by atoms with Gasteiger partial charge in [0.15, 0.2) is 5.82 Å². The number of hydrogen-bond acceptors (Lipinski definition) is 4. The van der Waals surface area contributed by atoms with Crippen LogP contribution in [0.25, 0.3) is 0 Å². The van der Waals surface area contributed by atoms with Crippen molar-refractivity contribution in [1.29, 1.82) is 0 Å². The molecule has 2 unspecified atom stereocenters. The molecule has 6 heteroatoms. The Morgan fingerprint density at radius 3 is 2.95 bits per heavy atom. The van der Waals surface area contributed by atoms with Crippen LogP contribution in [0.15, 0.2) is 22.7 Å². The topological polar surface area (TPSA) is 59.2 Å². The maximum atomic E-state index is 13.0. The summed E-state index contributed by atoms with van der Waals surface area (Å²) < 4.78 is 18.2. The summed E-state index contributed by atoms with van der Waals surface area (Å²) >= 11 is 5.97. The van der Waals surface area contributed by atoms with Crippen molar-refractivity contribution in [1.82, 2.24) is 10.1 Å². The van der Waals surface area contributed by atoms with Crippen LogP contribution >= 0.6 is 11.6 Å². The quantitative estimate of drug-likeness (QED) is 0.945. The molecular formula is C14H14ClFN2O2. The first-order valence-corrected chi connectivity index (χ1v) is 6.96. The van der Waals surface area contributed by atoms with Gasteiger partial charge in [0.25, 0.3) is 0 Å². The van der Waals surface area contributed by atoms with E-state index < -0.39 is 6.10 Å². The van der Waals surface area contributed by atoms with Gasteiger partial charge < -0.3 is 9.63 Å². The summed E-state index contributed by atoms with van der Waals surface area (Å²) in [6.07, 6.45) is 2.57. The molecular weight excluding hydrogens is 283 g/mol. The Labute approximate surface area is 120 Å². The van der Waals surface area contributed by atoms with Gasteiger partial charge in [-0.3, -0.25) is 0 Å². The summed E-state index contributed by atoms with van der Waals surface area (Å²) in [5.41, 5.74) is 0.743. The first-order chi connectivity index (χ1) is 9.63. The maximum Gasteiger partial charge on any atom is 0.232 e. The Bertz CT molecular complexity index is 617. The van der Waals surface area contributed by atoms with Crippen LogP contribution < -0.4 is 0 Å². The summed E-state index contributed by atoms with van der Waals surface area (Å²) in [5, 5.41) is 14.1. The fraction of sp³-hybridized carbons (Fsp3) is 0.429. The van der Waals surface area contributed by atoms with E-state index in [1.54, 1.807) is 6.07 Å². The minimum Gasteiger partial charge on any atom is -0.392 e. The summed E-state index contributed by atoms with van der Waals surface area (Å²) in [6, 6.07) is 4.22. The Kier molecular flexibility index (Phi) is 3.72. The average Bonchev–Trinajstić information content (AvgIpc) is 3.01. The van der Waals surface area contributed by atoms with Crippen LogP contribution in [-0.2, 0) is 6.42 Å². The van der Waals surface area contributed by atoms with Gasteiger partial charge in [0.05, 0.1) is 12.0 Å². The van der Waals surface area contributed by atoms with Crippen molar-refractivity contribution in [3.05, 3.63) is 46.3 Å². The number of hydrogen-bond donors (Lipinski definition) is 1. The number of rotatable bonds is 3. The van der Waals surface area contributed by atoms with E-state index in [0.717, 1.165) is 24.8 Å². The van der Waals surface area contributed by atoms with Crippen molar-refractivity contribution in [2.45, 2.75) is 37.7 Å². The normalized spacial score (nSPS) is 22.4. The molecule has 0 saturated heterocycles. The zero-order valence-corrected chi connectivity index (χ0v) is 11.5. The number of halogens is 2. The molecule has 0 bridgehead atoms. The van der Waals surface area contributed by atoms with Gasteiger partial charge in [0, 0.05) is 11.4 Å². The molecule has 4 nitrogen and oxygen atoms in total. The monoisotopic (exact) mass is 296 g/mol. The molecule has 1 aliphatic carbocycles. The summed E-state index contributed by atoms with van der Waals surface area (Å²) in [5.74, 6) is 0.525. The van der Waals surface area contributed by atoms with Gasteiger partial charge in [0.2, 0.25) is 5.89 Å². The highest BCUT2D eigenvalue weighted by molar-refractivity contribution is 6.31. The molecule has 106 valence electrons. The average molecular weight is 297 g/mol. The van der Waals surface area contributed by atoms with E-state index in [9.17, 15) is 9.50 Å². The van der Waals surface area contributed by atoms with Crippen molar-refractivity contribution in [2.24, 2.45) is 0 Å². The zero-order chi connectivity index (χ0) is 14.1. The molecule has 1 aromatic heterocycles. The summed E-state index contributed by atoms with van der Waals surface area (Å²) in [4.78, 5) is 4.31. The number of aliphatic hydroxyl groups excluding tert-OH is 1. The smallest absolute Gasteiger partial charge is 0.232 e. The highest BCUT2D eigenvalue weighted by Crippen LogP contribution is 2.33. The Balaban J connectivity index is 1.77. The minimum atomic E-state index is -0.405. The second kappa shape index (κ2) is 5.50. The van der Waals surface area contributed by atoms with Crippen LogP contribution in [0.1, 0.15) is 42.5 Å². The second-order valence-electron chi connectivity index (χ2n) is 5.07. The van der Waals surface area contributed by atoms with Crippen LogP contribution in [0.5, 0.6) is 0 Å². The standard InChI is InChI=1S/C14H14ClFN2O2/c15-11-7-9(16)5-4-8(11)6-13-17-14(20-18-13)10-2-1-3-12(10)19/h4-5,7,10,12,19H,1-3,6H2. The molecule has 1 heterocycles. The summed E-state index contributed by atoms with van der Waals surface area (Å²) in [7, 11) is 0. The predicted octanol–water partition coefficient (Wildman–Crippen LogP) is 3.08. The molecule has 3 rings (SSSR count). The van der Waals surface area contributed by atoms with Gasteiger partial charge in [-0.2, -0.15) is 4.98 Å². The van der Waals surface area contributed by atoms with Gasteiger partial charge in [-0.1, -0.05) is 22.8 Å². The zero-order valence-electron chi connectivity index (χ0n) is 10.7. The number of aromatic nitrogens is 2. The maximum absolute atomic E-state index is 13.0. The molecule has 1 aromatic carbocycles. The van der Waals surface area contributed by atoms with E-state index in [1.165, 1.54) is 12.1 Å². The van der Waals surface area contributed by atoms with Crippen LogP contribution in [-0.4, -0.2) is 21.4 Å². The molecule has 20 heavy (non-hydrogen) atoms. The fourth-order valence-electron chi connectivity index (χ4n) is 2.55. The Morgan fingerprint density at radius 1 is 1.40 bits per heavy atom. The van der Waals surface area contributed by atoms with Crippen molar-refractivity contribution < 1.29 is 14.0 Å². The van der Waals surface area contributed by atoms with E-state index in [0.29, 0.717) is 23.2 Å². The molecule has 0 radical (unpaired) electrons. The molecule has 2 atom stereocenters. The lowest BCUT2D eigenvalue weighted by atomic mass is 10.1. The Hall–Kier alpha value is -1.46. The molecule has 0 spiro atoms. The molecule has 1 fully saturated rings. The third-order valence-electron chi connectivity index (χ3n) is 3.64. The lowest BCUT2D eigenvalue weighted by Crippen LogP contribution is -2.11. The van der Waals surface area contributed by atoms with Crippen LogP contribution in [0, 0.1) is 5.82 Å².